The fourth-order valence-electron chi connectivity index (χ4n) is 2.32. The lowest BCUT2D eigenvalue weighted by atomic mass is 10.1. The second-order valence-electron chi connectivity index (χ2n) is 5.28. The summed E-state index contributed by atoms with van der Waals surface area (Å²) in [6.07, 6.45) is 0.607. The topological polar surface area (TPSA) is 71.4 Å². The van der Waals surface area contributed by atoms with Crippen LogP contribution in [0.4, 0.5) is 0 Å². The van der Waals surface area contributed by atoms with Crippen LogP contribution < -0.4 is 14.8 Å². The molecule has 1 aliphatic rings. The van der Waals surface area contributed by atoms with Crippen molar-refractivity contribution >= 4 is 22.8 Å². The Balaban J connectivity index is 1.43. The summed E-state index contributed by atoms with van der Waals surface area (Å²) < 4.78 is 11.2. The van der Waals surface area contributed by atoms with Gasteiger partial charge in [0.15, 0.2) is 5.17 Å². The minimum atomic E-state index is -0.219. The zero-order valence-electron chi connectivity index (χ0n) is 13.0. The van der Waals surface area contributed by atoms with Crippen LogP contribution >= 0.6 is 11.8 Å². The molecule has 24 heavy (non-hydrogen) atoms. The number of para-hydroxylation sites is 1. The molecule has 6 heteroatoms. The average Bonchev–Trinajstić information content (AvgIpc) is 2.91. The lowest BCUT2D eigenvalue weighted by molar-refractivity contribution is -0.118. The summed E-state index contributed by atoms with van der Waals surface area (Å²) in [6.45, 7) is 0.944. The monoisotopic (exact) mass is 342 g/mol. The van der Waals surface area contributed by atoms with Gasteiger partial charge < -0.3 is 14.8 Å². The van der Waals surface area contributed by atoms with Gasteiger partial charge in [-0.1, -0.05) is 42.1 Å². The van der Waals surface area contributed by atoms with E-state index in [1.165, 1.54) is 11.8 Å². The van der Waals surface area contributed by atoms with Crippen LogP contribution in [0.25, 0.3) is 0 Å². The first kappa shape index (κ1) is 16.4. The van der Waals surface area contributed by atoms with Crippen LogP contribution in [0.2, 0.25) is 0 Å². The molecule has 0 bridgehead atoms. The molecule has 0 radical (unpaired) electrons. The van der Waals surface area contributed by atoms with Gasteiger partial charge in [-0.2, -0.15) is 0 Å². The highest BCUT2D eigenvalue weighted by atomic mass is 32.2. The fourth-order valence-corrected chi connectivity index (χ4v) is 3.21. The molecule has 5 nitrogen and oxygen atoms in total. The maximum atomic E-state index is 11.6. The van der Waals surface area contributed by atoms with E-state index in [-0.39, 0.29) is 16.3 Å². The van der Waals surface area contributed by atoms with Gasteiger partial charge in [-0.25, -0.2) is 0 Å². The van der Waals surface area contributed by atoms with Crippen molar-refractivity contribution in [2.24, 2.45) is 0 Å². The second kappa shape index (κ2) is 7.88. The number of amidine groups is 1. The number of rotatable bonds is 7. The number of benzene rings is 2. The maximum absolute atomic E-state index is 11.6. The summed E-state index contributed by atoms with van der Waals surface area (Å²) in [5.74, 6) is 1.50. The molecule has 124 valence electrons. The molecule has 0 spiro atoms. The molecule has 0 aromatic heterocycles. The van der Waals surface area contributed by atoms with E-state index < -0.39 is 0 Å². The van der Waals surface area contributed by atoms with Gasteiger partial charge in [0.2, 0.25) is 5.91 Å². The molecular weight excluding hydrogens is 324 g/mol. The van der Waals surface area contributed by atoms with Gasteiger partial charge in [0.1, 0.15) is 24.7 Å². The van der Waals surface area contributed by atoms with E-state index in [4.69, 9.17) is 14.9 Å². The second-order valence-corrected chi connectivity index (χ2v) is 6.50. The predicted molar refractivity (Wildman–Crippen MR) is 94.8 cm³/mol. The number of thioether (sulfide) groups is 1. The zero-order chi connectivity index (χ0) is 16.8. The first-order valence-corrected chi connectivity index (χ1v) is 8.54. The van der Waals surface area contributed by atoms with Crippen molar-refractivity contribution in [1.82, 2.24) is 5.32 Å². The molecular formula is C18H18N2O3S. The Morgan fingerprint density at radius 1 is 0.958 bits per heavy atom. The fraction of sp³-hybridized carbons (Fsp3) is 0.222. The summed E-state index contributed by atoms with van der Waals surface area (Å²) in [5, 5.41) is 9.99. The largest absolute Gasteiger partial charge is 0.490 e. The first-order chi connectivity index (χ1) is 11.7. The Morgan fingerprint density at radius 2 is 1.58 bits per heavy atom. The Labute approximate surface area is 144 Å². The van der Waals surface area contributed by atoms with Gasteiger partial charge in [0.25, 0.3) is 0 Å². The molecule has 1 aliphatic heterocycles. The van der Waals surface area contributed by atoms with E-state index >= 15 is 0 Å². The SMILES string of the molecule is N=C1NC(=O)C(Cc2ccc(OCCOc3ccccc3)cc2)S1. The van der Waals surface area contributed by atoms with Crippen LogP contribution in [0, 0.1) is 5.41 Å². The quantitative estimate of drug-likeness (QED) is 0.759. The molecule has 1 atom stereocenters. The van der Waals surface area contributed by atoms with Crippen LogP contribution in [-0.2, 0) is 11.2 Å². The molecule has 2 N–H and O–H groups in total. The van der Waals surface area contributed by atoms with Crippen molar-refractivity contribution in [3.63, 3.8) is 0 Å². The molecule has 1 saturated heterocycles. The summed E-state index contributed by atoms with van der Waals surface area (Å²) in [5.41, 5.74) is 1.05. The molecule has 2 aromatic rings. The minimum absolute atomic E-state index is 0.0941. The minimum Gasteiger partial charge on any atom is -0.490 e. The standard InChI is InChI=1S/C18H18N2O3S/c19-18-20-17(21)16(24-18)12-13-6-8-15(9-7-13)23-11-10-22-14-4-2-1-3-5-14/h1-9,16H,10-12H2,(H2,19,20,21). The molecule has 0 aliphatic carbocycles. The van der Waals surface area contributed by atoms with Crippen LogP contribution in [0.3, 0.4) is 0 Å². The predicted octanol–water partition coefficient (Wildman–Crippen LogP) is 2.85. The Bertz CT molecular complexity index is 704. The van der Waals surface area contributed by atoms with E-state index in [0.29, 0.717) is 19.6 Å². The molecule has 1 unspecified atom stereocenters. The van der Waals surface area contributed by atoms with Gasteiger partial charge >= 0.3 is 0 Å². The van der Waals surface area contributed by atoms with Crippen molar-refractivity contribution in [3.05, 3.63) is 60.2 Å². The van der Waals surface area contributed by atoms with E-state index in [1.807, 2.05) is 54.6 Å². The van der Waals surface area contributed by atoms with Crippen molar-refractivity contribution in [2.45, 2.75) is 11.7 Å². The molecule has 1 fully saturated rings. The van der Waals surface area contributed by atoms with Crippen LogP contribution in [0.5, 0.6) is 11.5 Å². The highest BCUT2D eigenvalue weighted by Crippen LogP contribution is 2.23. The summed E-state index contributed by atoms with van der Waals surface area (Å²) >= 11 is 1.26. The van der Waals surface area contributed by atoms with Crippen molar-refractivity contribution in [2.75, 3.05) is 13.2 Å². The number of ether oxygens (including phenoxy) is 2. The Hall–Kier alpha value is -2.47. The number of hydrogen-bond acceptors (Lipinski definition) is 5. The summed E-state index contributed by atoms with van der Waals surface area (Å²) in [4.78, 5) is 11.6. The highest BCUT2D eigenvalue weighted by molar-refractivity contribution is 8.15. The van der Waals surface area contributed by atoms with Crippen molar-refractivity contribution in [3.8, 4) is 11.5 Å². The Morgan fingerprint density at radius 3 is 2.17 bits per heavy atom. The molecule has 3 rings (SSSR count). The van der Waals surface area contributed by atoms with Gasteiger partial charge in [0, 0.05) is 0 Å². The van der Waals surface area contributed by atoms with E-state index in [2.05, 4.69) is 5.32 Å². The van der Waals surface area contributed by atoms with Gasteiger partial charge in [0.05, 0.1) is 5.25 Å². The van der Waals surface area contributed by atoms with Crippen molar-refractivity contribution < 1.29 is 14.3 Å². The number of carbonyl (C=O) groups excluding carboxylic acids is 1. The lowest BCUT2D eigenvalue weighted by Gasteiger charge is -2.10. The number of hydrogen-bond donors (Lipinski definition) is 2. The molecule has 1 amide bonds. The normalized spacial score (nSPS) is 16.8. The van der Waals surface area contributed by atoms with Crippen LogP contribution in [-0.4, -0.2) is 29.5 Å². The number of carbonyl (C=O) groups is 1. The van der Waals surface area contributed by atoms with Gasteiger partial charge in [-0.3, -0.25) is 10.2 Å². The van der Waals surface area contributed by atoms with Crippen LogP contribution in [0.15, 0.2) is 54.6 Å². The van der Waals surface area contributed by atoms with Crippen molar-refractivity contribution in [1.29, 1.82) is 5.41 Å². The van der Waals surface area contributed by atoms with E-state index in [9.17, 15) is 4.79 Å². The number of nitrogens with one attached hydrogen (secondary N) is 2. The molecule has 2 aromatic carbocycles. The van der Waals surface area contributed by atoms with Gasteiger partial charge in [-0.05, 0) is 36.2 Å². The maximum Gasteiger partial charge on any atom is 0.239 e. The number of amides is 1. The highest BCUT2D eigenvalue weighted by Gasteiger charge is 2.29. The van der Waals surface area contributed by atoms with Gasteiger partial charge in [-0.15, -0.1) is 0 Å². The van der Waals surface area contributed by atoms with E-state index in [0.717, 1.165) is 17.1 Å². The van der Waals surface area contributed by atoms with Crippen LogP contribution in [0.1, 0.15) is 5.56 Å². The third kappa shape index (κ3) is 4.52. The third-order valence-corrected chi connectivity index (χ3v) is 4.50. The molecule has 1 heterocycles. The summed E-state index contributed by atoms with van der Waals surface area (Å²) in [7, 11) is 0. The average molecular weight is 342 g/mol. The van der Waals surface area contributed by atoms with E-state index in [1.54, 1.807) is 0 Å². The zero-order valence-corrected chi connectivity index (χ0v) is 13.8. The first-order valence-electron chi connectivity index (χ1n) is 7.66. The smallest absolute Gasteiger partial charge is 0.239 e. The lowest BCUT2D eigenvalue weighted by Crippen LogP contribution is -2.25. The summed E-state index contributed by atoms with van der Waals surface area (Å²) in [6, 6.07) is 17.3. The third-order valence-electron chi connectivity index (χ3n) is 3.50. The Kier molecular flexibility index (Phi) is 5.38. The molecule has 0 saturated carbocycles.